The fourth-order valence-corrected chi connectivity index (χ4v) is 4.61. The van der Waals surface area contributed by atoms with Gasteiger partial charge < -0.3 is 15.1 Å². The van der Waals surface area contributed by atoms with Crippen LogP contribution in [-0.2, 0) is 6.18 Å². The highest BCUT2D eigenvalue weighted by molar-refractivity contribution is 7.22. The number of carbonyl (C=O) groups is 1. The van der Waals surface area contributed by atoms with Crippen molar-refractivity contribution in [1.29, 1.82) is 0 Å². The molecular formula is C21H21F3N4OS. The van der Waals surface area contributed by atoms with Crippen molar-refractivity contribution in [2.24, 2.45) is 0 Å². The number of aryl methyl sites for hydroxylation is 2. The minimum atomic E-state index is -4.39. The molecule has 1 aliphatic heterocycles. The molecule has 30 heavy (non-hydrogen) atoms. The lowest BCUT2D eigenvalue weighted by atomic mass is 10.1. The van der Waals surface area contributed by atoms with Crippen molar-refractivity contribution in [2.75, 3.05) is 36.4 Å². The van der Waals surface area contributed by atoms with Crippen LogP contribution < -0.4 is 10.2 Å². The number of urea groups is 1. The Morgan fingerprint density at radius 1 is 1.07 bits per heavy atom. The lowest BCUT2D eigenvalue weighted by molar-refractivity contribution is -0.137. The first-order valence-corrected chi connectivity index (χ1v) is 10.4. The van der Waals surface area contributed by atoms with Crippen molar-refractivity contribution >= 4 is 38.4 Å². The van der Waals surface area contributed by atoms with E-state index in [4.69, 9.17) is 4.98 Å². The SMILES string of the molecule is Cc1cc(C)c2sc(N3CCN(C(=O)Nc4ccc(C(F)(F)F)cc4)CC3)nc2c1. The van der Waals surface area contributed by atoms with E-state index >= 15 is 0 Å². The van der Waals surface area contributed by atoms with Gasteiger partial charge in [0.05, 0.1) is 15.8 Å². The quantitative estimate of drug-likeness (QED) is 0.597. The summed E-state index contributed by atoms with van der Waals surface area (Å²) in [6, 6.07) is 8.37. The fourth-order valence-electron chi connectivity index (χ4n) is 3.55. The highest BCUT2D eigenvalue weighted by Crippen LogP contribution is 2.33. The first-order valence-electron chi connectivity index (χ1n) is 9.56. The van der Waals surface area contributed by atoms with E-state index in [9.17, 15) is 18.0 Å². The van der Waals surface area contributed by atoms with E-state index in [1.807, 2.05) is 0 Å². The van der Waals surface area contributed by atoms with Gasteiger partial charge in [0.1, 0.15) is 0 Å². The maximum absolute atomic E-state index is 12.7. The molecule has 4 rings (SSSR count). The van der Waals surface area contributed by atoms with Crippen LogP contribution in [0.5, 0.6) is 0 Å². The number of hydrogen-bond donors (Lipinski definition) is 1. The average Bonchev–Trinajstić information content (AvgIpc) is 3.12. The number of aromatic nitrogens is 1. The Balaban J connectivity index is 1.37. The molecule has 0 aliphatic carbocycles. The molecule has 0 saturated carbocycles. The van der Waals surface area contributed by atoms with Crippen LogP contribution in [-0.4, -0.2) is 42.1 Å². The van der Waals surface area contributed by atoms with Crippen molar-refractivity contribution in [3.8, 4) is 0 Å². The van der Waals surface area contributed by atoms with Gasteiger partial charge in [-0.2, -0.15) is 13.2 Å². The zero-order valence-corrected chi connectivity index (χ0v) is 17.4. The summed E-state index contributed by atoms with van der Waals surface area (Å²) in [6.07, 6.45) is -4.39. The highest BCUT2D eigenvalue weighted by atomic mass is 32.1. The van der Waals surface area contributed by atoms with E-state index in [2.05, 4.69) is 36.2 Å². The zero-order chi connectivity index (χ0) is 21.5. The van der Waals surface area contributed by atoms with Crippen LogP contribution in [0.15, 0.2) is 36.4 Å². The van der Waals surface area contributed by atoms with E-state index in [0.717, 1.165) is 22.8 Å². The number of nitrogens with zero attached hydrogens (tertiary/aromatic N) is 3. The summed E-state index contributed by atoms with van der Waals surface area (Å²) < 4.78 is 39.1. The molecule has 0 radical (unpaired) electrons. The zero-order valence-electron chi connectivity index (χ0n) is 16.6. The molecule has 1 saturated heterocycles. The summed E-state index contributed by atoms with van der Waals surface area (Å²) in [5.41, 5.74) is 2.99. The van der Waals surface area contributed by atoms with Gasteiger partial charge in [0.25, 0.3) is 0 Å². The largest absolute Gasteiger partial charge is 0.416 e. The summed E-state index contributed by atoms with van der Waals surface area (Å²) >= 11 is 1.66. The molecule has 1 N–H and O–H groups in total. The standard InChI is InChI=1S/C21H21F3N4OS/c1-13-11-14(2)18-17(12-13)26-20(30-18)28-9-7-27(8-10-28)19(29)25-16-5-3-15(4-6-16)21(22,23)24/h3-6,11-12H,7-10H2,1-2H3,(H,25,29). The van der Waals surface area contributed by atoms with Crippen molar-refractivity contribution in [3.63, 3.8) is 0 Å². The molecule has 3 aromatic rings. The molecule has 2 heterocycles. The maximum atomic E-state index is 12.7. The lowest BCUT2D eigenvalue weighted by Crippen LogP contribution is -2.50. The highest BCUT2D eigenvalue weighted by Gasteiger charge is 2.30. The predicted molar refractivity (Wildman–Crippen MR) is 113 cm³/mol. The van der Waals surface area contributed by atoms with Crippen molar-refractivity contribution in [3.05, 3.63) is 53.1 Å². The van der Waals surface area contributed by atoms with Crippen LogP contribution in [0.3, 0.4) is 0 Å². The summed E-state index contributed by atoms with van der Waals surface area (Å²) in [5, 5.41) is 3.61. The normalized spacial score (nSPS) is 15.0. The number of fused-ring (bicyclic) bond motifs is 1. The monoisotopic (exact) mass is 434 g/mol. The summed E-state index contributed by atoms with van der Waals surface area (Å²) in [7, 11) is 0. The van der Waals surface area contributed by atoms with E-state index < -0.39 is 11.7 Å². The Kier molecular flexibility index (Phi) is 5.31. The lowest BCUT2D eigenvalue weighted by Gasteiger charge is -2.34. The molecule has 1 fully saturated rings. The molecule has 2 amide bonds. The maximum Gasteiger partial charge on any atom is 0.416 e. The molecule has 158 valence electrons. The van der Waals surface area contributed by atoms with Crippen LogP contribution in [0.25, 0.3) is 10.2 Å². The molecule has 0 atom stereocenters. The number of thiazole rings is 1. The third-order valence-corrected chi connectivity index (χ3v) is 6.38. The number of alkyl halides is 3. The number of halogens is 3. The van der Waals surface area contributed by atoms with Gasteiger partial charge in [-0.25, -0.2) is 9.78 Å². The molecule has 5 nitrogen and oxygen atoms in total. The molecule has 1 aliphatic rings. The van der Waals surface area contributed by atoms with Gasteiger partial charge in [0.15, 0.2) is 5.13 Å². The molecule has 2 aromatic carbocycles. The number of hydrogen-bond acceptors (Lipinski definition) is 4. The van der Waals surface area contributed by atoms with Gasteiger partial charge in [-0.05, 0) is 55.3 Å². The number of benzene rings is 2. The molecule has 9 heteroatoms. The summed E-state index contributed by atoms with van der Waals surface area (Å²) in [5.74, 6) is 0. The topological polar surface area (TPSA) is 48.5 Å². The smallest absolute Gasteiger partial charge is 0.345 e. The third kappa shape index (κ3) is 4.21. The van der Waals surface area contributed by atoms with Crippen molar-refractivity contribution in [2.45, 2.75) is 20.0 Å². The van der Waals surface area contributed by atoms with Crippen LogP contribution in [0.2, 0.25) is 0 Å². The summed E-state index contributed by atoms with van der Waals surface area (Å²) in [4.78, 5) is 21.1. The van der Waals surface area contributed by atoms with Crippen LogP contribution in [0.1, 0.15) is 16.7 Å². The van der Waals surface area contributed by atoms with E-state index in [1.54, 1.807) is 16.2 Å². The number of amides is 2. The van der Waals surface area contributed by atoms with Gasteiger partial charge in [-0.3, -0.25) is 0 Å². The van der Waals surface area contributed by atoms with Crippen LogP contribution in [0, 0.1) is 13.8 Å². The second-order valence-corrected chi connectivity index (χ2v) is 8.38. The molecule has 0 bridgehead atoms. The van der Waals surface area contributed by atoms with Crippen molar-refractivity contribution in [1.82, 2.24) is 9.88 Å². The predicted octanol–water partition coefficient (Wildman–Crippen LogP) is 5.29. The van der Waals surface area contributed by atoms with E-state index in [-0.39, 0.29) is 6.03 Å². The Labute approximate surface area is 176 Å². The van der Waals surface area contributed by atoms with E-state index in [1.165, 1.54) is 28.0 Å². The molecule has 0 spiro atoms. The Morgan fingerprint density at radius 3 is 2.37 bits per heavy atom. The Morgan fingerprint density at radius 2 is 1.73 bits per heavy atom. The second kappa shape index (κ2) is 7.79. The Hall–Kier alpha value is -2.81. The number of rotatable bonds is 2. The Bertz CT molecular complexity index is 1070. The van der Waals surface area contributed by atoms with E-state index in [0.29, 0.717) is 31.9 Å². The third-order valence-electron chi connectivity index (χ3n) is 5.11. The number of piperazine rings is 1. The van der Waals surface area contributed by atoms with Gasteiger partial charge in [0.2, 0.25) is 0 Å². The molecule has 1 aromatic heterocycles. The first-order chi connectivity index (χ1) is 14.2. The van der Waals surface area contributed by atoms with Gasteiger partial charge in [0, 0.05) is 31.9 Å². The number of carbonyl (C=O) groups excluding carboxylic acids is 1. The number of nitrogens with one attached hydrogen (secondary N) is 1. The van der Waals surface area contributed by atoms with Gasteiger partial charge >= 0.3 is 12.2 Å². The number of anilines is 2. The molecular weight excluding hydrogens is 413 g/mol. The first kappa shape index (κ1) is 20.5. The van der Waals surface area contributed by atoms with Crippen LogP contribution >= 0.6 is 11.3 Å². The van der Waals surface area contributed by atoms with Crippen LogP contribution in [0.4, 0.5) is 28.8 Å². The average molecular weight is 434 g/mol. The second-order valence-electron chi connectivity index (χ2n) is 7.41. The van der Waals surface area contributed by atoms with Gasteiger partial charge in [-0.15, -0.1) is 0 Å². The minimum absolute atomic E-state index is 0.315. The van der Waals surface area contributed by atoms with Crippen molar-refractivity contribution < 1.29 is 18.0 Å². The summed E-state index contributed by atoms with van der Waals surface area (Å²) in [6.45, 7) is 6.47. The molecule has 0 unspecified atom stereocenters. The fraction of sp³-hybridized carbons (Fsp3) is 0.333. The van der Waals surface area contributed by atoms with Gasteiger partial charge in [-0.1, -0.05) is 17.4 Å². The minimum Gasteiger partial charge on any atom is -0.345 e.